The van der Waals surface area contributed by atoms with Crippen molar-refractivity contribution in [3.63, 3.8) is 0 Å². The molecule has 1 fully saturated rings. The number of pyridine rings is 1. The van der Waals surface area contributed by atoms with Crippen LogP contribution in [0.4, 0.5) is 15.9 Å². The maximum Gasteiger partial charge on any atom is 0.151 e. The number of hydrogen-bond donors (Lipinski definition) is 0. The molecule has 1 saturated heterocycles. The van der Waals surface area contributed by atoms with E-state index in [2.05, 4.69) is 39.3 Å². The van der Waals surface area contributed by atoms with Crippen LogP contribution in [-0.4, -0.2) is 48.0 Å². The molecule has 0 unspecified atom stereocenters. The van der Waals surface area contributed by atoms with Gasteiger partial charge in [0.15, 0.2) is 5.82 Å². The number of aliphatic imine (C=N–C) groups is 2. The molecule has 0 radical (unpaired) electrons. The van der Waals surface area contributed by atoms with Gasteiger partial charge in [0, 0.05) is 62.2 Å². The molecule has 2 aromatic rings. The Balaban J connectivity index is 1.38. The zero-order chi connectivity index (χ0) is 24.1. The smallest absolute Gasteiger partial charge is 0.151 e. The molecule has 5 nitrogen and oxygen atoms in total. The molecule has 176 valence electrons. The number of rotatable bonds is 6. The number of nitrogens with zero attached hydrogens (tertiary/aromatic N) is 5. The molecular weight excluding hydrogens is 425 g/mol. The Labute approximate surface area is 201 Å². The third-order valence-electron chi connectivity index (χ3n) is 6.28. The minimum absolute atomic E-state index is 0.288. The fraction of sp³-hybridized carbons (Fsp3) is 0.321. The number of anilines is 1. The van der Waals surface area contributed by atoms with Crippen LogP contribution < -0.4 is 4.90 Å². The molecule has 2 aliphatic heterocycles. The first kappa shape index (κ1) is 23.6. The van der Waals surface area contributed by atoms with Gasteiger partial charge in [0.25, 0.3) is 0 Å². The third-order valence-corrected chi connectivity index (χ3v) is 6.28. The maximum atomic E-state index is 14.4. The van der Waals surface area contributed by atoms with Gasteiger partial charge in [-0.2, -0.15) is 0 Å². The van der Waals surface area contributed by atoms with Gasteiger partial charge in [-0.25, -0.2) is 14.4 Å². The molecule has 0 bridgehead atoms. The molecule has 0 aliphatic carbocycles. The van der Waals surface area contributed by atoms with E-state index >= 15 is 0 Å². The monoisotopic (exact) mass is 457 g/mol. The van der Waals surface area contributed by atoms with Crippen molar-refractivity contribution >= 4 is 29.0 Å². The summed E-state index contributed by atoms with van der Waals surface area (Å²) in [5.74, 6) is 0.425. The second-order valence-corrected chi connectivity index (χ2v) is 8.97. The predicted molar refractivity (Wildman–Crippen MR) is 141 cm³/mol. The minimum atomic E-state index is -0.288. The summed E-state index contributed by atoms with van der Waals surface area (Å²) in [6, 6.07) is 12.1. The predicted octanol–water partition coefficient (Wildman–Crippen LogP) is 6.13. The highest BCUT2D eigenvalue weighted by molar-refractivity contribution is 5.87. The standard InChI is InChI=1S/C28H32FN5/c1-20(2)33-13-15-34(16-14-33)25-9-10-27(31-18-25)32-22(4)17-23-5-7-24(8-6-23)28-21(3)11-12-30-19-26(28)29/h5-10,12,18-19H,1,11,13-17H2,2-4H3. The van der Waals surface area contributed by atoms with E-state index < -0.39 is 0 Å². The Morgan fingerprint density at radius 3 is 2.44 bits per heavy atom. The molecule has 6 heteroatoms. The molecule has 1 aromatic heterocycles. The normalized spacial score (nSPS) is 17.1. The number of aromatic nitrogens is 1. The van der Waals surface area contributed by atoms with Gasteiger partial charge in [-0.05, 0) is 44.0 Å². The number of benzene rings is 1. The molecule has 3 heterocycles. The fourth-order valence-corrected chi connectivity index (χ4v) is 4.36. The van der Waals surface area contributed by atoms with Crippen LogP contribution in [0.25, 0.3) is 5.57 Å². The van der Waals surface area contributed by atoms with Crippen molar-refractivity contribution in [3.05, 3.63) is 83.6 Å². The first-order chi connectivity index (χ1) is 16.4. The first-order valence-corrected chi connectivity index (χ1v) is 11.7. The molecule has 4 rings (SSSR count). The van der Waals surface area contributed by atoms with E-state index in [0.29, 0.717) is 24.2 Å². The summed E-state index contributed by atoms with van der Waals surface area (Å²) in [4.78, 5) is 17.9. The van der Waals surface area contributed by atoms with Crippen LogP contribution in [0, 0.1) is 0 Å². The van der Waals surface area contributed by atoms with Crippen molar-refractivity contribution in [2.45, 2.75) is 33.6 Å². The van der Waals surface area contributed by atoms with Crippen molar-refractivity contribution in [1.29, 1.82) is 0 Å². The Bertz CT molecular complexity index is 1150. The quantitative estimate of drug-likeness (QED) is 0.490. The van der Waals surface area contributed by atoms with Crippen LogP contribution in [0.3, 0.4) is 0 Å². The van der Waals surface area contributed by atoms with Gasteiger partial charge in [-0.1, -0.05) is 36.4 Å². The van der Waals surface area contributed by atoms with E-state index in [9.17, 15) is 4.39 Å². The summed E-state index contributed by atoms with van der Waals surface area (Å²) in [7, 11) is 0. The van der Waals surface area contributed by atoms with E-state index in [1.54, 1.807) is 6.21 Å². The van der Waals surface area contributed by atoms with Gasteiger partial charge in [-0.3, -0.25) is 4.99 Å². The molecule has 34 heavy (non-hydrogen) atoms. The summed E-state index contributed by atoms with van der Waals surface area (Å²) in [5.41, 5.74) is 6.85. The van der Waals surface area contributed by atoms with Crippen LogP contribution in [0.15, 0.2) is 82.5 Å². The zero-order valence-corrected chi connectivity index (χ0v) is 20.3. The highest BCUT2D eigenvalue weighted by Gasteiger charge is 2.17. The summed E-state index contributed by atoms with van der Waals surface area (Å²) >= 11 is 0. The van der Waals surface area contributed by atoms with Crippen molar-refractivity contribution in [2.75, 3.05) is 31.1 Å². The van der Waals surface area contributed by atoms with E-state index in [-0.39, 0.29) is 5.83 Å². The number of hydrogen-bond acceptors (Lipinski definition) is 5. The molecule has 1 aromatic carbocycles. The Morgan fingerprint density at radius 1 is 1.06 bits per heavy atom. The maximum absolute atomic E-state index is 14.4. The summed E-state index contributed by atoms with van der Waals surface area (Å²) in [6.07, 6.45) is 6.30. The highest BCUT2D eigenvalue weighted by atomic mass is 19.1. The number of halogens is 1. The molecular formula is C28H32FN5. The Kier molecular flexibility index (Phi) is 7.36. The topological polar surface area (TPSA) is 44.1 Å². The lowest BCUT2D eigenvalue weighted by Crippen LogP contribution is -2.45. The minimum Gasteiger partial charge on any atom is -0.372 e. The average Bonchev–Trinajstić information content (AvgIpc) is 3.00. The molecule has 0 atom stereocenters. The van der Waals surface area contributed by atoms with E-state index in [1.165, 1.54) is 6.20 Å². The highest BCUT2D eigenvalue weighted by Crippen LogP contribution is 2.30. The Morgan fingerprint density at radius 2 is 1.79 bits per heavy atom. The van der Waals surface area contributed by atoms with Gasteiger partial charge >= 0.3 is 0 Å². The molecule has 0 N–H and O–H groups in total. The van der Waals surface area contributed by atoms with Crippen LogP contribution in [0.5, 0.6) is 0 Å². The molecule has 0 saturated carbocycles. The lowest BCUT2D eigenvalue weighted by atomic mass is 9.96. The van der Waals surface area contributed by atoms with Crippen LogP contribution in [-0.2, 0) is 6.42 Å². The summed E-state index contributed by atoms with van der Waals surface area (Å²) in [5, 5.41) is 0. The number of allylic oxidation sites excluding steroid dienone is 4. The van der Waals surface area contributed by atoms with Crippen LogP contribution >= 0.6 is 0 Å². The van der Waals surface area contributed by atoms with Gasteiger partial charge in [0.1, 0.15) is 5.83 Å². The van der Waals surface area contributed by atoms with Crippen molar-refractivity contribution in [1.82, 2.24) is 9.88 Å². The van der Waals surface area contributed by atoms with Crippen molar-refractivity contribution in [2.24, 2.45) is 9.98 Å². The lowest BCUT2D eigenvalue weighted by Gasteiger charge is -2.37. The first-order valence-electron chi connectivity index (χ1n) is 11.7. The molecule has 2 aliphatic rings. The third kappa shape index (κ3) is 5.68. The SMILES string of the molecule is C=C(C)N1CCN(c2ccc(N=C(C)Cc3ccc(C4=C(C)CC=NC=C4F)cc3)nc2)CC1. The van der Waals surface area contributed by atoms with Crippen LogP contribution in [0.1, 0.15) is 38.3 Å². The molecule has 0 amide bonds. The zero-order valence-electron chi connectivity index (χ0n) is 20.3. The number of piperazine rings is 1. The average molecular weight is 458 g/mol. The lowest BCUT2D eigenvalue weighted by molar-refractivity contribution is 0.323. The van der Waals surface area contributed by atoms with Crippen LogP contribution in [0.2, 0.25) is 0 Å². The van der Waals surface area contributed by atoms with Crippen molar-refractivity contribution in [3.8, 4) is 0 Å². The largest absolute Gasteiger partial charge is 0.372 e. The fourth-order valence-electron chi connectivity index (χ4n) is 4.36. The van der Waals surface area contributed by atoms with E-state index in [4.69, 9.17) is 4.99 Å². The van der Waals surface area contributed by atoms with Gasteiger partial charge in [0.05, 0.1) is 18.1 Å². The van der Waals surface area contributed by atoms with Gasteiger partial charge in [-0.15, -0.1) is 0 Å². The van der Waals surface area contributed by atoms with E-state index in [0.717, 1.165) is 60.0 Å². The van der Waals surface area contributed by atoms with Gasteiger partial charge in [0.2, 0.25) is 0 Å². The second-order valence-electron chi connectivity index (χ2n) is 8.97. The summed E-state index contributed by atoms with van der Waals surface area (Å²) < 4.78 is 14.4. The second kappa shape index (κ2) is 10.6. The summed E-state index contributed by atoms with van der Waals surface area (Å²) in [6.45, 7) is 14.0. The van der Waals surface area contributed by atoms with Gasteiger partial charge < -0.3 is 9.80 Å². The Hall–Kier alpha value is -3.54. The van der Waals surface area contributed by atoms with Crippen molar-refractivity contribution < 1.29 is 4.39 Å². The molecule has 0 spiro atoms. The van der Waals surface area contributed by atoms with E-state index in [1.807, 2.05) is 50.4 Å².